The van der Waals surface area contributed by atoms with Gasteiger partial charge < -0.3 is 19.0 Å². The van der Waals surface area contributed by atoms with E-state index in [0.717, 1.165) is 37.1 Å². The van der Waals surface area contributed by atoms with Gasteiger partial charge >= 0.3 is 13.8 Å². The van der Waals surface area contributed by atoms with Crippen molar-refractivity contribution in [2.45, 2.75) is 65.9 Å². The SMILES string of the molecule is C=C(C)C(=O)OCCCCC(CCC[N+](CC)(CC)CC)OP(=O)(O)O. The normalized spacial score (nSPS) is 13.5. The first-order valence-electron chi connectivity index (χ1n) is 9.50. The van der Waals surface area contributed by atoms with Crippen LogP contribution in [0, 0.1) is 0 Å². The molecule has 0 aromatic carbocycles. The maximum absolute atomic E-state index is 11.3. The molecule has 0 radical (unpaired) electrons. The minimum Gasteiger partial charge on any atom is -0.462 e. The average molecular weight is 394 g/mol. The van der Waals surface area contributed by atoms with E-state index in [9.17, 15) is 9.36 Å². The van der Waals surface area contributed by atoms with Crippen molar-refractivity contribution >= 4 is 13.8 Å². The maximum atomic E-state index is 11.3. The van der Waals surface area contributed by atoms with E-state index in [0.29, 0.717) is 31.3 Å². The fourth-order valence-corrected chi connectivity index (χ4v) is 3.60. The fraction of sp³-hybridized carbons (Fsp3) is 0.833. The molecule has 0 aliphatic carbocycles. The summed E-state index contributed by atoms with van der Waals surface area (Å²) in [6.07, 6.45) is 2.80. The van der Waals surface area contributed by atoms with Crippen molar-refractivity contribution < 1.29 is 32.9 Å². The summed E-state index contributed by atoms with van der Waals surface area (Å²) < 4.78 is 22.2. The van der Waals surface area contributed by atoms with Crippen LogP contribution in [0.2, 0.25) is 0 Å². The minimum absolute atomic E-state index is 0.274. The number of unbranched alkanes of at least 4 members (excludes halogenated alkanes) is 1. The van der Waals surface area contributed by atoms with Crippen LogP contribution in [0.4, 0.5) is 0 Å². The van der Waals surface area contributed by atoms with Gasteiger partial charge in [-0.2, -0.15) is 0 Å². The molecule has 0 spiro atoms. The third kappa shape index (κ3) is 11.1. The van der Waals surface area contributed by atoms with E-state index < -0.39 is 19.9 Å². The quantitative estimate of drug-likeness (QED) is 0.145. The maximum Gasteiger partial charge on any atom is 0.469 e. The summed E-state index contributed by atoms with van der Waals surface area (Å²) in [5.74, 6) is -0.416. The van der Waals surface area contributed by atoms with E-state index in [1.54, 1.807) is 6.92 Å². The van der Waals surface area contributed by atoms with Crippen LogP contribution in [-0.4, -0.2) is 59.1 Å². The smallest absolute Gasteiger partial charge is 0.462 e. The number of phosphoric ester groups is 1. The molecule has 0 saturated heterocycles. The third-order valence-corrected chi connectivity index (χ3v) is 5.53. The van der Waals surface area contributed by atoms with Crippen molar-refractivity contribution in [2.24, 2.45) is 0 Å². The van der Waals surface area contributed by atoms with Crippen LogP contribution < -0.4 is 0 Å². The second-order valence-corrected chi connectivity index (χ2v) is 7.98. The molecular weight excluding hydrogens is 357 g/mol. The van der Waals surface area contributed by atoms with Crippen LogP contribution >= 0.6 is 7.82 Å². The molecule has 0 rings (SSSR count). The summed E-state index contributed by atoms with van der Waals surface area (Å²) >= 11 is 0. The average Bonchev–Trinajstić information content (AvgIpc) is 2.57. The molecule has 0 aromatic rings. The fourth-order valence-electron chi connectivity index (χ4n) is 3.01. The van der Waals surface area contributed by atoms with Gasteiger partial charge in [-0.3, -0.25) is 4.52 Å². The second-order valence-electron chi connectivity index (χ2n) is 6.79. The van der Waals surface area contributed by atoms with Crippen molar-refractivity contribution in [1.29, 1.82) is 0 Å². The van der Waals surface area contributed by atoms with E-state index in [2.05, 4.69) is 27.4 Å². The number of ether oxygens (including phenoxy) is 1. The highest BCUT2D eigenvalue weighted by molar-refractivity contribution is 7.46. The summed E-state index contributed by atoms with van der Waals surface area (Å²) in [6.45, 7) is 16.0. The first-order valence-corrected chi connectivity index (χ1v) is 11.0. The van der Waals surface area contributed by atoms with E-state index in [4.69, 9.17) is 19.0 Å². The summed E-state index contributed by atoms with van der Waals surface area (Å²) in [5, 5.41) is 0. The van der Waals surface area contributed by atoms with Crippen LogP contribution in [0.15, 0.2) is 12.2 Å². The Morgan fingerprint density at radius 3 is 2.08 bits per heavy atom. The highest BCUT2D eigenvalue weighted by atomic mass is 31.2. The lowest BCUT2D eigenvalue weighted by Crippen LogP contribution is -2.48. The number of hydrogen-bond donors (Lipinski definition) is 2. The van der Waals surface area contributed by atoms with Crippen molar-refractivity contribution in [3.63, 3.8) is 0 Å². The van der Waals surface area contributed by atoms with Gasteiger partial charge in [0.2, 0.25) is 0 Å². The predicted octanol–water partition coefficient (Wildman–Crippen LogP) is 3.41. The van der Waals surface area contributed by atoms with Gasteiger partial charge in [0.25, 0.3) is 0 Å². The Hall–Kier alpha value is -0.720. The second kappa shape index (κ2) is 12.6. The number of carbonyl (C=O) groups excluding carboxylic acids is 1. The molecule has 26 heavy (non-hydrogen) atoms. The Balaban J connectivity index is 4.38. The number of phosphoric acid groups is 1. The molecule has 154 valence electrons. The summed E-state index contributed by atoms with van der Waals surface area (Å²) in [6, 6.07) is 0. The number of esters is 1. The highest BCUT2D eigenvalue weighted by Gasteiger charge is 2.24. The van der Waals surface area contributed by atoms with Gasteiger partial charge in [0.05, 0.1) is 38.9 Å². The van der Waals surface area contributed by atoms with Gasteiger partial charge in [-0.05, 0) is 59.8 Å². The summed E-state index contributed by atoms with van der Waals surface area (Å²) in [7, 11) is -4.51. The van der Waals surface area contributed by atoms with Crippen LogP contribution in [0.5, 0.6) is 0 Å². The number of carbonyl (C=O) groups is 1. The largest absolute Gasteiger partial charge is 0.469 e. The van der Waals surface area contributed by atoms with E-state index in [1.807, 2.05) is 0 Å². The first-order chi connectivity index (χ1) is 12.1. The molecule has 0 fully saturated rings. The molecule has 0 amide bonds. The molecule has 1 atom stereocenters. The molecule has 0 aliphatic heterocycles. The van der Waals surface area contributed by atoms with E-state index in [-0.39, 0.29) is 6.61 Å². The van der Waals surface area contributed by atoms with Crippen LogP contribution in [0.3, 0.4) is 0 Å². The Labute approximate surface area is 158 Å². The highest BCUT2D eigenvalue weighted by Crippen LogP contribution is 2.39. The van der Waals surface area contributed by atoms with Crippen molar-refractivity contribution in [1.82, 2.24) is 0 Å². The molecule has 0 aromatic heterocycles. The van der Waals surface area contributed by atoms with E-state index in [1.165, 1.54) is 0 Å². The molecule has 0 aliphatic rings. The van der Waals surface area contributed by atoms with E-state index >= 15 is 0 Å². The monoisotopic (exact) mass is 394 g/mol. The summed E-state index contributed by atoms with van der Waals surface area (Å²) in [5.41, 5.74) is 0.358. The lowest BCUT2D eigenvalue weighted by molar-refractivity contribution is -0.923. The van der Waals surface area contributed by atoms with Gasteiger partial charge in [0.15, 0.2) is 0 Å². The lowest BCUT2D eigenvalue weighted by atomic mass is 10.1. The van der Waals surface area contributed by atoms with Crippen LogP contribution in [0.1, 0.15) is 59.8 Å². The lowest BCUT2D eigenvalue weighted by Gasteiger charge is -2.36. The van der Waals surface area contributed by atoms with Crippen molar-refractivity contribution in [3.8, 4) is 0 Å². The predicted molar refractivity (Wildman–Crippen MR) is 103 cm³/mol. The molecule has 0 bridgehead atoms. The van der Waals surface area contributed by atoms with Crippen molar-refractivity contribution in [3.05, 3.63) is 12.2 Å². The first kappa shape index (κ1) is 25.3. The Morgan fingerprint density at radius 2 is 1.62 bits per heavy atom. The zero-order valence-electron chi connectivity index (χ0n) is 16.8. The Morgan fingerprint density at radius 1 is 1.08 bits per heavy atom. The summed E-state index contributed by atoms with van der Waals surface area (Å²) in [4.78, 5) is 29.6. The number of nitrogens with zero attached hydrogens (tertiary/aromatic N) is 1. The third-order valence-electron chi connectivity index (χ3n) is 4.96. The molecular formula is C18H37NO6P+. The van der Waals surface area contributed by atoms with Gasteiger partial charge in [0.1, 0.15) is 0 Å². The molecule has 0 heterocycles. The Kier molecular flexibility index (Phi) is 12.3. The van der Waals surface area contributed by atoms with Crippen LogP contribution in [-0.2, 0) is 18.6 Å². The van der Waals surface area contributed by atoms with Gasteiger partial charge in [-0.15, -0.1) is 0 Å². The van der Waals surface area contributed by atoms with Crippen LogP contribution in [0.25, 0.3) is 0 Å². The van der Waals surface area contributed by atoms with Gasteiger partial charge in [0, 0.05) is 5.57 Å². The molecule has 8 heteroatoms. The number of rotatable bonds is 15. The Bertz CT molecular complexity index is 464. The topological polar surface area (TPSA) is 93.1 Å². The minimum atomic E-state index is -4.51. The molecule has 0 saturated carbocycles. The zero-order valence-corrected chi connectivity index (χ0v) is 17.7. The number of hydrogen-bond acceptors (Lipinski definition) is 4. The van der Waals surface area contributed by atoms with Gasteiger partial charge in [-0.1, -0.05) is 6.58 Å². The van der Waals surface area contributed by atoms with Gasteiger partial charge in [-0.25, -0.2) is 9.36 Å². The standard InChI is InChI=1S/C18H36NO6P/c1-6-19(7-2,8-3)14-11-13-17(25-26(21,22)23)12-9-10-15-24-18(20)16(4)5/h17H,4,6-15H2,1-3,5H3,(H-,21,22,23)/p+1. The molecule has 2 N–H and O–H groups in total. The number of quaternary nitrogens is 1. The van der Waals surface area contributed by atoms with Crippen molar-refractivity contribution in [2.75, 3.05) is 32.8 Å². The molecule has 1 unspecified atom stereocenters. The molecule has 7 nitrogen and oxygen atoms in total. The zero-order chi connectivity index (χ0) is 20.2.